The van der Waals surface area contributed by atoms with Gasteiger partial charge in [0.25, 0.3) is 5.69 Å². The van der Waals surface area contributed by atoms with Crippen LogP contribution in [0.15, 0.2) is 79.0 Å². The lowest BCUT2D eigenvalue weighted by molar-refractivity contribution is -0.384. The van der Waals surface area contributed by atoms with Gasteiger partial charge < -0.3 is 19.3 Å². The number of aliphatic hydroxyl groups is 1. The molecule has 1 aromatic heterocycles. The minimum Gasteiger partial charge on any atom is -0.483 e. The molecule has 1 saturated heterocycles. The largest absolute Gasteiger partial charge is 0.483 e. The first kappa shape index (κ1) is 28.0. The summed E-state index contributed by atoms with van der Waals surface area (Å²) >= 11 is 0. The fraction of sp³-hybridized carbons (Fsp3) is 0.355. The van der Waals surface area contributed by atoms with Crippen LogP contribution in [0.25, 0.3) is 10.9 Å². The number of para-hydroxylation sites is 2. The fourth-order valence-corrected chi connectivity index (χ4v) is 6.31. The quantitative estimate of drug-likeness (QED) is 0.232. The lowest BCUT2D eigenvalue weighted by atomic mass is 9.86. The molecular weight excluding hydrogens is 549 g/mol. The number of piperidine rings is 1. The van der Waals surface area contributed by atoms with Crippen molar-refractivity contribution >= 4 is 22.3 Å². The summed E-state index contributed by atoms with van der Waals surface area (Å²) in [5, 5.41) is 23.2. The number of fused-ring (bicyclic) bond motifs is 2. The van der Waals surface area contributed by atoms with Crippen LogP contribution in [0, 0.1) is 10.1 Å². The van der Waals surface area contributed by atoms with Gasteiger partial charge in [0.2, 0.25) is 5.60 Å². The highest BCUT2D eigenvalue weighted by atomic mass is 19.4. The molecule has 11 heteroatoms. The molecule has 1 N–H and O–H groups in total. The Morgan fingerprint density at radius 1 is 1.02 bits per heavy atom. The number of aromatic nitrogens is 1. The van der Waals surface area contributed by atoms with Crippen LogP contribution in [0.2, 0.25) is 0 Å². The maximum absolute atomic E-state index is 14.9. The second-order valence-electron chi connectivity index (χ2n) is 11.4. The highest BCUT2D eigenvalue weighted by molar-refractivity contribution is 5.87. The number of nitrogens with zero attached hydrogens (tertiary/aromatic N) is 4. The number of likely N-dealkylation sites (N-methyl/N-ethyl adjacent to an activating group) is 1. The van der Waals surface area contributed by atoms with Gasteiger partial charge in [-0.15, -0.1) is 0 Å². The van der Waals surface area contributed by atoms with Gasteiger partial charge in [-0.3, -0.25) is 15.0 Å². The summed E-state index contributed by atoms with van der Waals surface area (Å²) in [6.07, 6.45) is -2.71. The van der Waals surface area contributed by atoms with Crippen LogP contribution in [0.5, 0.6) is 5.75 Å². The minimum atomic E-state index is -5.00. The smallest absolute Gasteiger partial charge is 0.422 e. The second-order valence-corrected chi connectivity index (χ2v) is 11.4. The highest BCUT2D eigenvalue weighted by Gasteiger charge is 2.57. The molecule has 2 aliphatic rings. The van der Waals surface area contributed by atoms with Gasteiger partial charge in [-0.05, 0) is 23.8 Å². The maximum Gasteiger partial charge on any atom is 0.422 e. The van der Waals surface area contributed by atoms with Crippen LogP contribution in [0.1, 0.15) is 24.0 Å². The van der Waals surface area contributed by atoms with Crippen LogP contribution >= 0.6 is 0 Å². The zero-order valence-corrected chi connectivity index (χ0v) is 23.1. The number of rotatable bonds is 6. The van der Waals surface area contributed by atoms with Gasteiger partial charge in [-0.2, -0.15) is 13.2 Å². The molecule has 8 nitrogen and oxygen atoms in total. The summed E-state index contributed by atoms with van der Waals surface area (Å²) in [4.78, 5) is 14.7. The summed E-state index contributed by atoms with van der Waals surface area (Å²) in [5.74, 6) is 0.756. The predicted molar refractivity (Wildman–Crippen MR) is 153 cm³/mol. The predicted octanol–water partition coefficient (Wildman–Crippen LogP) is 5.71. The van der Waals surface area contributed by atoms with E-state index in [0.717, 1.165) is 17.0 Å². The zero-order chi connectivity index (χ0) is 29.7. The third-order valence-electron chi connectivity index (χ3n) is 8.53. The molecule has 0 amide bonds. The molecule has 0 saturated carbocycles. The van der Waals surface area contributed by atoms with Gasteiger partial charge in [-0.25, -0.2) is 0 Å². The van der Waals surface area contributed by atoms with Crippen molar-refractivity contribution in [1.29, 1.82) is 0 Å². The molecule has 1 spiro atoms. The number of hydrogen-bond donors (Lipinski definition) is 1. The summed E-state index contributed by atoms with van der Waals surface area (Å²) < 4.78 is 52.5. The SMILES string of the molecule is CN1CC2(CCN(CC(O)(c3cn(Cc4ccccc4)c4cc([N+](=O)[O-])ccc34)C(F)(F)F)CC2)Oc2ccccc21. The van der Waals surface area contributed by atoms with Gasteiger partial charge in [-0.1, -0.05) is 42.5 Å². The van der Waals surface area contributed by atoms with E-state index in [1.807, 2.05) is 61.6 Å². The van der Waals surface area contributed by atoms with E-state index in [9.17, 15) is 28.4 Å². The van der Waals surface area contributed by atoms with Crippen molar-refractivity contribution in [2.24, 2.45) is 0 Å². The number of non-ortho nitro benzene ring substituents is 1. The number of β-amino-alcohol motifs (C(OH)–C–C–N with tert-alkyl or cyclic N) is 1. The summed E-state index contributed by atoms with van der Waals surface area (Å²) in [7, 11) is 1.98. The monoisotopic (exact) mass is 580 g/mol. The fourth-order valence-electron chi connectivity index (χ4n) is 6.31. The Balaban J connectivity index is 1.31. The van der Waals surface area contributed by atoms with Crippen molar-refractivity contribution in [3.8, 4) is 5.75 Å². The summed E-state index contributed by atoms with van der Waals surface area (Å²) in [6, 6.07) is 20.5. The Labute approximate surface area is 240 Å². The Hall–Kier alpha value is -4.09. The maximum atomic E-state index is 14.9. The van der Waals surface area contributed by atoms with E-state index in [1.54, 1.807) is 4.90 Å². The van der Waals surface area contributed by atoms with E-state index in [-0.39, 0.29) is 28.7 Å². The Kier molecular flexibility index (Phi) is 6.89. The van der Waals surface area contributed by atoms with Crippen LogP contribution in [-0.2, 0) is 12.1 Å². The molecule has 0 radical (unpaired) electrons. The number of nitro benzene ring substituents is 1. The molecule has 42 heavy (non-hydrogen) atoms. The van der Waals surface area contributed by atoms with Crippen molar-refractivity contribution in [2.45, 2.75) is 36.8 Å². The Morgan fingerprint density at radius 3 is 2.40 bits per heavy atom. The first-order valence-corrected chi connectivity index (χ1v) is 13.8. The molecule has 6 rings (SSSR count). The lowest BCUT2D eigenvalue weighted by Gasteiger charge is -2.48. The molecular formula is C31H31F3N4O4. The Morgan fingerprint density at radius 2 is 1.71 bits per heavy atom. The highest BCUT2D eigenvalue weighted by Crippen LogP contribution is 2.45. The molecule has 220 valence electrons. The van der Waals surface area contributed by atoms with E-state index in [4.69, 9.17) is 4.74 Å². The number of likely N-dealkylation sites (tertiary alicyclic amines) is 1. The standard InChI is InChI=1S/C31H31F3N4O4/c1-35-20-29(42-28-10-6-5-9-26(28)35)13-15-36(16-14-29)21-30(39,31(32,33)34)25-19-37(18-22-7-3-2-4-8-22)27-17-23(38(40)41)11-12-24(25)27/h2-12,17,19,39H,13-16,18,20-21H2,1H3. The topological polar surface area (TPSA) is 84.0 Å². The number of ether oxygens (including phenoxy) is 1. The molecule has 1 unspecified atom stereocenters. The zero-order valence-electron chi connectivity index (χ0n) is 23.1. The van der Waals surface area contributed by atoms with Crippen LogP contribution in [-0.4, -0.2) is 64.5 Å². The molecule has 0 bridgehead atoms. The van der Waals surface area contributed by atoms with E-state index in [2.05, 4.69) is 4.90 Å². The van der Waals surface area contributed by atoms with E-state index < -0.39 is 28.8 Å². The van der Waals surface area contributed by atoms with Crippen molar-refractivity contribution < 1.29 is 27.9 Å². The number of benzene rings is 3. The second kappa shape index (κ2) is 10.3. The minimum absolute atomic E-state index is 0.124. The molecule has 1 fully saturated rings. The molecule has 2 aliphatic heterocycles. The summed E-state index contributed by atoms with van der Waals surface area (Å²) in [5.41, 5.74) is -2.25. The van der Waals surface area contributed by atoms with Gasteiger partial charge >= 0.3 is 6.18 Å². The summed E-state index contributed by atoms with van der Waals surface area (Å²) in [6.45, 7) is 0.754. The lowest BCUT2D eigenvalue weighted by Crippen LogP contribution is -2.59. The average Bonchev–Trinajstić information content (AvgIpc) is 3.32. The molecule has 4 aromatic rings. The number of halogens is 3. The van der Waals surface area contributed by atoms with Gasteiger partial charge in [0, 0.05) is 75.3 Å². The van der Waals surface area contributed by atoms with Crippen molar-refractivity contribution in [3.63, 3.8) is 0 Å². The van der Waals surface area contributed by atoms with Crippen LogP contribution in [0.3, 0.4) is 0 Å². The Bertz CT molecular complexity index is 1620. The van der Waals surface area contributed by atoms with Crippen molar-refractivity contribution in [3.05, 3.63) is 100 Å². The third-order valence-corrected chi connectivity index (χ3v) is 8.53. The van der Waals surface area contributed by atoms with Crippen molar-refractivity contribution in [1.82, 2.24) is 9.47 Å². The molecule has 0 aliphatic carbocycles. The molecule has 1 atom stereocenters. The normalized spacial score (nSPS) is 18.5. The number of hydrogen-bond acceptors (Lipinski definition) is 6. The first-order valence-electron chi connectivity index (χ1n) is 13.8. The van der Waals surface area contributed by atoms with Gasteiger partial charge in [0.05, 0.1) is 22.7 Å². The van der Waals surface area contributed by atoms with Crippen LogP contribution < -0.4 is 9.64 Å². The third kappa shape index (κ3) is 4.96. The number of nitro groups is 1. The van der Waals surface area contributed by atoms with E-state index in [0.29, 0.717) is 32.5 Å². The van der Waals surface area contributed by atoms with E-state index >= 15 is 0 Å². The molecule has 3 heterocycles. The average molecular weight is 581 g/mol. The molecule has 3 aromatic carbocycles. The van der Waals surface area contributed by atoms with E-state index in [1.165, 1.54) is 29.0 Å². The number of alkyl halides is 3. The number of anilines is 1. The van der Waals surface area contributed by atoms with Crippen molar-refractivity contribution in [2.75, 3.05) is 38.1 Å². The first-order chi connectivity index (χ1) is 20.0. The van der Waals surface area contributed by atoms with Gasteiger partial charge in [0.1, 0.15) is 11.4 Å². The van der Waals surface area contributed by atoms with Gasteiger partial charge in [0.15, 0.2) is 0 Å². The van der Waals surface area contributed by atoms with Crippen LogP contribution in [0.4, 0.5) is 24.5 Å².